The molecule has 0 atom stereocenters. The number of carbonyl (C=O) groups is 3. The number of nitriles is 1. The molecule has 10 nitrogen and oxygen atoms in total. The molecule has 2 fully saturated rings. The van der Waals surface area contributed by atoms with Gasteiger partial charge in [0.15, 0.2) is 0 Å². The third-order valence-electron chi connectivity index (χ3n) is 8.06. The molecule has 2 aliphatic carbocycles. The van der Waals surface area contributed by atoms with E-state index in [1.807, 2.05) is 0 Å². The van der Waals surface area contributed by atoms with Gasteiger partial charge in [0.1, 0.15) is 22.4 Å². The zero-order valence-electron chi connectivity index (χ0n) is 22.7. The number of nitrogens with one attached hydrogen (secondary N) is 2. The molecule has 2 amide bonds. The number of carboxylic acid groups (broad SMARTS) is 1. The highest BCUT2D eigenvalue weighted by molar-refractivity contribution is 7.08. The molecule has 1 aromatic carbocycles. The van der Waals surface area contributed by atoms with Crippen molar-refractivity contribution in [3.8, 4) is 17.6 Å². The quantitative estimate of drug-likeness (QED) is 0.395. The van der Waals surface area contributed by atoms with Crippen LogP contribution in [0.5, 0.6) is 11.5 Å². The predicted molar refractivity (Wildman–Crippen MR) is 145 cm³/mol. The van der Waals surface area contributed by atoms with Gasteiger partial charge in [0.2, 0.25) is 0 Å². The molecule has 0 saturated heterocycles. The second-order valence-corrected chi connectivity index (χ2v) is 11.9. The van der Waals surface area contributed by atoms with E-state index in [0.29, 0.717) is 48.5 Å². The molecule has 208 valence electrons. The van der Waals surface area contributed by atoms with Gasteiger partial charge in [0.05, 0.1) is 41.1 Å². The number of benzene rings is 1. The number of amides is 2. The zero-order valence-corrected chi connectivity index (χ0v) is 23.5. The van der Waals surface area contributed by atoms with Crippen LogP contribution in [0.15, 0.2) is 12.1 Å². The summed E-state index contributed by atoms with van der Waals surface area (Å²) in [6, 6.07) is 4.99. The Bertz CT molecular complexity index is 1320. The maximum absolute atomic E-state index is 13.4. The van der Waals surface area contributed by atoms with Crippen LogP contribution in [0, 0.1) is 29.1 Å². The van der Waals surface area contributed by atoms with Crippen LogP contribution in [0.4, 0.5) is 5.69 Å². The van der Waals surface area contributed by atoms with E-state index < -0.39 is 17.3 Å². The Kier molecular flexibility index (Phi) is 8.16. The van der Waals surface area contributed by atoms with Crippen LogP contribution < -0.4 is 20.1 Å². The molecule has 3 N–H and O–H groups in total. The maximum atomic E-state index is 13.4. The summed E-state index contributed by atoms with van der Waals surface area (Å²) in [4.78, 5) is 38.3. The Morgan fingerprint density at radius 1 is 1.15 bits per heavy atom. The van der Waals surface area contributed by atoms with Crippen molar-refractivity contribution in [1.82, 2.24) is 9.69 Å². The lowest BCUT2D eigenvalue weighted by molar-refractivity contribution is -0.150. The number of rotatable bonds is 9. The molecule has 0 aliphatic heterocycles. The van der Waals surface area contributed by atoms with E-state index in [9.17, 15) is 24.8 Å². The number of carbonyl (C=O) groups excluding carboxylic acids is 2. The lowest BCUT2D eigenvalue weighted by Crippen LogP contribution is -2.39. The molecular weight excluding hydrogens is 520 g/mol. The van der Waals surface area contributed by atoms with Gasteiger partial charge in [0.25, 0.3) is 11.8 Å². The van der Waals surface area contributed by atoms with Crippen LogP contribution in [-0.4, -0.2) is 47.0 Å². The van der Waals surface area contributed by atoms with Crippen molar-refractivity contribution in [1.29, 1.82) is 5.26 Å². The number of carboxylic acids is 1. The average molecular weight is 555 g/mol. The van der Waals surface area contributed by atoms with Crippen LogP contribution in [0.2, 0.25) is 0 Å². The molecule has 1 heterocycles. The molecule has 11 heteroatoms. The first-order chi connectivity index (χ1) is 18.5. The topological polar surface area (TPSA) is 151 Å². The van der Waals surface area contributed by atoms with Gasteiger partial charge in [-0.15, -0.1) is 0 Å². The van der Waals surface area contributed by atoms with Crippen molar-refractivity contribution in [2.75, 3.05) is 19.0 Å². The van der Waals surface area contributed by atoms with Crippen molar-refractivity contribution in [3.05, 3.63) is 33.8 Å². The number of aliphatic carboxylic acids is 1. The minimum absolute atomic E-state index is 0.107. The Balaban J connectivity index is 1.53. The molecule has 2 aromatic rings. The highest BCUT2D eigenvalue weighted by Gasteiger charge is 2.38. The summed E-state index contributed by atoms with van der Waals surface area (Å²) in [5.41, 5.74) is 0.492. The lowest BCUT2D eigenvalue weighted by Gasteiger charge is -2.38. The van der Waals surface area contributed by atoms with Crippen LogP contribution in [-0.2, 0) is 4.79 Å². The standard InChI is InChI=1S/C28H34N4O6S/c1-16-22(23(39-32-16)25(34)30-15-27(2)8-5-9-27)31-24(33)19-13-20(17(14-29)12-21(19)37-4)38-18-6-10-28(3,11-7-18)26(35)36/h12-13,18H,5-11,15H2,1-4H3,(H,30,34)(H,31,33)(H,35,36). The van der Waals surface area contributed by atoms with E-state index in [1.54, 1.807) is 13.8 Å². The minimum atomic E-state index is -0.828. The summed E-state index contributed by atoms with van der Waals surface area (Å²) in [5, 5.41) is 25.0. The fourth-order valence-electron chi connectivity index (χ4n) is 5.01. The SMILES string of the molecule is COc1cc(C#N)c(OC2CCC(C)(C(=O)O)CC2)cc1C(=O)Nc1c(C)nsc1C(=O)NCC1(C)CCC1. The van der Waals surface area contributed by atoms with E-state index in [-0.39, 0.29) is 40.1 Å². The maximum Gasteiger partial charge on any atom is 0.309 e. The summed E-state index contributed by atoms with van der Waals surface area (Å²) in [6.07, 6.45) is 4.94. The lowest BCUT2D eigenvalue weighted by atomic mass is 9.70. The number of methoxy groups -OCH3 is 1. The summed E-state index contributed by atoms with van der Waals surface area (Å²) in [7, 11) is 1.40. The third kappa shape index (κ3) is 6.01. The van der Waals surface area contributed by atoms with Crippen LogP contribution in [0.25, 0.3) is 0 Å². The highest BCUT2D eigenvalue weighted by atomic mass is 32.1. The molecule has 1 aromatic heterocycles. The van der Waals surface area contributed by atoms with Crippen molar-refractivity contribution in [2.45, 2.75) is 71.8 Å². The molecule has 2 saturated carbocycles. The van der Waals surface area contributed by atoms with E-state index in [1.165, 1.54) is 19.2 Å². The summed E-state index contributed by atoms with van der Waals surface area (Å²) in [6.45, 7) is 6.15. The zero-order chi connectivity index (χ0) is 28.4. The molecular formula is C28H34N4O6S. The van der Waals surface area contributed by atoms with Gasteiger partial charge in [-0.05, 0) is 75.4 Å². The predicted octanol–water partition coefficient (Wildman–Crippen LogP) is 4.92. The molecule has 2 aliphatic rings. The highest BCUT2D eigenvalue weighted by Crippen LogP contribution is 2.40. The van der Waals surface area contributed by atoms with Crippen molar-refractivity contribution >= 4 is 35.0 Å². The molecule has 0 bridgehead atoms. The van der Waals surface area contributed by atoms with Crippen molar-refractivity contribution < 1.29 is 29.0 Å². The van der Waals surface area contributed by atoms with Gasteiger partial charge < -0.3 is 25.2 Å². The smallest absolute Gasteiger partial charge is 0.309 e. The van der Waals surface area contributed by atoms with Crippen molar-refractivity contribution in [2.24, 2.45) is 10.8 Å². The number of hydrogen-bond acceptors (Lipinski definition) is 8. The third-order valence-corrected chi connectivity index (χ3v) is 8.99. The van der Waals surface area contributed by atoms with Gasteiger partial charge in [-0.25, -0.2) is 0 Å². The Morgan fingerprint density at radius 2 is 1.85 bits per heavy atom. The number of anilines is 1. The number of hydrogen-bond donors (Lipinski definition) is 3. The fourth-order valence-corrected chi connectivity index (χ4v) is 5.78. The van der Waals surface area contributed by atoms with Crippen LogP contribution in [0.1, 0.15) is 90.1 Å². The normalized spacial score (nSPS) is 21.7. The Morgan fingerprint density at radius 3 is 2.41 bits per heavy atom. The first-order valence-corrected chi connectivity index (χ1v) is 13.8. The van der Waals surface area contributed by atoms with Crippen LogP contribution in [0.3, 0.4) is 0 Å². The average Bonchev–Trinajstić information content (AvgIpc) is 3.26. The largest absolute Gasteiger partial charge is 0.496 e. The molecule has 0 unspecified atom stereocenters. The van der Waals surface area contributed by atoms with E-state index in [4.69, 9.17) is 9.47 Å². The molecule has 4 rings (SSSR count). The second kappa shape index (κ2) is 11.2. The minimum Gasteiger partial charge on any atom is -0.496 e. The molecule has 0 radical (unpaired) electrons. The van der Waals surface area contributed by atoms with Gasteiger partial charge in [-0.2, -0.15) is 9.64 Å². The number of ether oxygens (including phenoxy) is 2. The van der Waals surface area contributed by atoms with E-state index in [2.05, 4.69) is 28.0 Å². The molecule has 0 spiro atoms. The van der Waals surface area contributed by atoms with Gasteiger partial charge >= 0.3 is 5.97 Å². The number of aryl methyl sites for hydroxylation is 1. The fraction of sp³-hybridized carbons (Fsp3) is 0.536. The first-order valence-electron chi connectivity index (χ1n) is 13.1. The summed E-state index contributed by atoms with van der Waals surface area (Å²) >= 11 is 1.02. The Labute approximate surface area is 231 Å². The van der Waals surface area contributed by atoms with E-state index in [0.717, 1.165) is 30.8 Å². The summed E-state index contributed by atoms with van der Waals surface area (Å²) in [5.74, 6) is -1.25. The van der Waals surface area contributed by atoms with Crippen LogP contribution >= 0.6 is 11.5 Å². The molecule has 39 heavy (non-hydrogen) atoms. The van der Waals surface area contributed by atoms with E-state index >= 15 is 0 Å². The monoisotopic (exact) mass is 554 g/mol. The Hall–Kier alpha value is -3.65. The van der Waals surface area contributed by atoms with Gasteiger partial charge in [-0.3, -0.25) is 14.4 Å². The number of aromatic nitrogens is 1. The first kappa shape index (κ1) is 28.4. The summed E-state index contributed by atoms with van der Waals surface area (Å²) < 4.78 is 15.8. The van der Waals surface area contributed by atoms with Crippen molar-refractivity contribution in [3.63, 3.8) is 0 Å². The van der Waals surface area contributed by atoms with Gasteiger partial charge in [0, 0.05) is 12.6 Å². The number of nitrogens with zero attached hydrogens (tertiary/aromatic N) is 2. The second-order valence-electron chi connectivity index (χ2n) is 11.1. The van der Waals surface area contributed by atoms with Gasteiger partial charge in [-0.1, -0.05) is 13.3 Å².